The zero-order valence-corrected chi connectivity index (χ0v) is 25.9. The van der Waals surface area contributed by atoms with Gasteiger partial charge in [-0.3, -0.25) is 9.59 Å². The van der Waals surface area contributed by atoms with Crippen LogP contribution < -0.4 is 15.4 Å². The summed E-state index contributed by atoms with van der Waals surface area (Å²) in [6.07, 6.45) is 5.26. The Morgan fingerprint density at radius 3 is 2.74 bits per heavy atom. The third-order valence-corrected chi connectivity index (χ3v) is 9.66. The number of ether oxygens (including phenoxy) is 1. The maximum atomic E-state index is 13.8. The molecule has 2 aliphatic rings. The van der Waals surface area contributed by atoms with E-state index in [-0.39, 0.29) is 18.4 Å². The molecule has 2 aromatic heterocycles. The molecule has 0 aliphatic carbocycles. The lowest BCUT2D eigenvalue weighted by Crippen LogP contribution is -2.48. The van der Waals surface area contributed by atoms with E-state index in [1.54, 1.807) is 29.2 Å². The van der Waals surface area contributed by atoms with Crippen molar-refractivity contribution in [3.63, 3.8) is 0 Å². The molecule has 5 rings (SSSR count). The second-order valence-corrected chi connectivity index (χ2v) is 12.6. The average Bonchev–Trinajstić information content (AvgIpc) is 3.80. The van der Waals surface area contributed by atoms with Crippen LogP contribution in [0.1, 0.15) is 62.0 Å². The fraction of sp³-hybridized carbons (Fsp3) is 0.562. The van der Waals surface area contributed by atoms with E-state index >= 15 is 0 Å². The number of nitrogens with one attached hydrogen (secondary N) is 2. The standard InChI is InChI=1S/C32H43N5O5S/c1-21(19-38)29(27-18-28(36-42-27)41-17-12-24-9-13-33-14-10-24)32(40)37-16-3-4-26(37)31(39)34-15-11-23-5-7-25(8-6-23)30-22(2)35-20-43-30/h5-8,18,20-21,24,26,29,33,38H,3-4,9-17,19H2,1-2H3,(H,34,39)/t21-,26+,29+/m1/s1. The van der Waals surface area contributed by atoms with Gasteiger partial charge in [-0.15, -0.1) is 11.3 Å². The summed E-state index contributed by atoms with van der Waals surface area (Å²) in [6.45, 7) is 7.19. The average molecular weight is 610 g/mol. The second kappa shape index (κ2) is 14.9. The summed E-state index contributed by atoms with van der Waals surface area (Å²) in [5.41, 5.74) is 5.15. The summed E-state index contributed by atoms with van der Waals surface area (Å²) in [7, 11) is 0. The van der Waals surface area contributed by atoms with Gasteiger partial charge in [-0.05, 0) is 86.7 Å². The van der Waals surface area contributed by atoms with Crippen molar-refractivity contribution < 1.29 is 24.0 Å². The highest BCUT2D eigenvalue weighted by molar-refractivity contribution is 7.13. The fourth-order valence-corrected chi connectivity index (χ4v) is 6.88. The molecular formula is C32H43N5O5S. The first-order chi connectivity index (χ1) is 20.9. The summed E-state index contributed by atoms with van der Waals surface area (Å²) >= 11 is 1.63. The smallest absolute Gasteiger partial charge is 0.254 e. The highest BCUT2D eigenvalue weighted by atomic mass is 32.1. The molecule has 3 aromatic rings. The van der Waals surface area contributed by atoms with E-state index in [9.17, 15) is 14.7 Å². The summed E-state index contributed by atoms with van der Waals surface area (Å²) in [4.78, 5) is 34.2. The van der Waals surface area contributed by atoms with Crippen molar-refractivity contribution in [3.8, 4) is 16.3 Å². The first kappa shape index (κ1) is 31.2. The normalized spacial score (nSPS) is 18.9. The molecule has 2 saturated heterocycles. The van der Waals surface area contributed by atoms with Crippen LogP contribution in [0.15, 0.2) is 40.4 Å². The molecule has 43 heavy (non-hydrogen) atoms. The molecular weight excluding hydrogens is 566 g/mol. The molecule has 3 atom stereocenters. The van der Waals surface area contributed by atoms with Crippen LogP contribution in [0.3, 0.4) is 0 Å². The monoisotopic (exact) mass is 609 g/mol. The van der Waals surface area contributed by atoms with E-state index < -0.39 is 17.9 Å². The van der Waals surface area contributed by atoms with Gasteiger partial charge >= 0.3 is 0 Å². The Morgan fingerprint density at radius 1 is 1.23 bits per heavy atom. The number of likely N-dealkylation sites (tertiary alicyclic amines) is 1. The number of aromatic nitrogens is 2. The minimum absolute atomic E-state index is 0.155. The number of aliphatic hydroxyl groups excluding tert-OH is 1. The molecule has 232 valence electrons. The quantitative estimate of drug-likeness (QED) is 0.266. The summed E-state index contributed by atoms with van der Waals surface area (Å²) in [6, 6.07) is 9.44. The van der Waals surface area contributed by atoms with E-state index in [2.05, 4.69) is 45.0 Å². The predicted octanol–water partition coefficient (Wildman–Crippen LogP) is 3.94. The summed E-state index contributed by atoms with van der Waals surface area (Å²) in [5.74, 6) is -0.224. The number of carbonyl (C=O) groups is 2. The number of aliphatic hydroxyl groups is 1. The third kappa shape index (κ3) is 7.82. The molecule has 2 fully saturated rings. The Labute approximate surface area is 257 Å². The molecule has 4 heterocycles. The van der Waals surface area contributed by atoms with Crippen LogP contribution >= 0.6 is 11.3 Å². The van der Waals surface area contributed by atoms with E-state index in [1.807, 2.05) is 12.4 Å². The Balaban J connectivity index is 1.15. The number of benzene rings is 1. The number of hydrogen-bond acceptors (Lipinski definition) is 9. The Kier molecular flexibility index (Phi) is 10.8. The number of thiazole rings is 1. The minimum atomic E-state index is -0.756. The maximum absolute atomic E-state index is 13.8. The van der Waals surface area contributed by atoms with E-state index in [0.29, 0.717) is 50.1 Å². The number of piperidine rings is 1. The van der Waals surface area contributed by atoms with Crippen molar-refractivity contribution in [1.82, 2.24) is 25.7 Å². The molecule has 0 unspecified atom stereocenters. The third-order valence-electron chi connectivity index (χ3n) is 8.68. The van der Waals surface area contributed by atoms with Crippen molar-refractivity contribution in [2.75, 3.05) is 39.4 Å². The Morgan fingerprint density at radius 2 is 2.02 bits per heavy atom. The molecule has 0 radical (unpaired) electrons. The van der Waals surface area contributed by atoms with Gasteiger partial charge in [-0.1, -0.05) is 31.2 Å². The van der Waals surface area contributed by atoms with Crippen molar-refractivity contribution in [2.45, 2.75) is 64.3 Å². The molecule has 0 bridgehead atoms. The topological polar surface area (TPSA) is 130 Å². The zero-order valence-electron chi connectivity index (χ0n) is 25.1. The summed E-state index contributed by atoms with van der Waals surface area (Å²) in [5, 5.41) is 20.4. The predicted molar refractivity (Wildman–Crippen MR) is 165 cm³/mol. The number of rotatable bonds is 13. The van der Waals surface area contributed by atoms with Crippen molar-refractivity contribution in [1.29, 1.82) is 0 Å². The molecule has 1 aromatic carbocycles. The van der Waals surface area contributed by atoms with Gasteiger partial charge in [0.05, 0.1) is 22.7 Å². The van der Waals surface area contributed by atoms with Crippen molar-refractivity contribution in [3.05, 3.63) is 52.9 Å². The SMILES string of the molecule is Cc1ncsc1-c1ccc(CCNC(=O)[C@@H]2CCCN2C(=O)[C@H](c2cc(OCCC3CCNCC3)no2)[C@H](C)CO)cc1. The lowest BCUT2D eigenvalue weighted by molar-refractivity contribution is -0.141. The molecule has 0 saturated carbocycles. The first-order valence-corrected chi connectivity index (χ1v) is 16.3. The largest absolute Gasteiger partial charge is 0.475 e. The van der Waals surface area contributed by atoms with Crippen LogP contribution in [-0.4, -0.2) is 77.4 Å². The Bertz CT molecular complexity index is 1340. The van der Waals surface area contributed by atoms with Crippen LogP contribution in [0.4, 0.5) is 0 Å². The van der Waals surface area contributed by atoms with Gasteiger partial charge in [0.25, 0.3) is 5.88 Å². The molecule has 3 N–H and O–H groups in total. The zero-order chi connectivity index (χ0) is 30.2. The van der Waals surface area contributed by atoms with Crippen LogP contribution in [-0.2, 0) is 16.0 Å². The van der Waals surface area contributed by atoms with Crippen LogP contribution in [0.2, 0.25) is 0 Å². The Hall–Kier alpha value is -3.28. The molecule has 2 amide bonds. The van der Waals surface area contributed by atoms with Gasteiger partial charge in [0.15, 0.2) is 5.76 Å². The first-order valence-electron chi connectivity index (χ1n) is 15.4. The van der Waals surface area contributed by atoms with Crippen LogP contribution in [0.25, 0.3) is 10.4 Å². The highest BCUT2D eigenvalue weighted by Crippen LogP contribution is 2.33. The van der Waals surface area contributed by atoms with Crippen LogP contribution in [0, 0.1) is 18.8 Å². The van der Waals surface area contributed by atoms with Gasteiger partial charge < -0.3 is 29.9 Å². The molecule has 0 spiro atoms. The number of carbonyl (C=O) groups excluding carboxylic acids is 2. The lowest BCUT2D eigenvalue weighted by Gasteiger charge is -2.29. The van der Waals surface area contributed by atoms with E-state index in [4.69, 9.17) is 9.26 Å². The van der Waals surface area contributed by atoms with E-state index in [1.165, 1.54) is 4.88 Å². The second-order valence-electron chi connectivity index (χ2n) is 11.7. The molecule has 2 aliphatic heterocycles. The molecule has 11 heteroatoms. The van der Waals surface area contributed by atoms with Gasteiger partial charge in [-0.25, -0.2) is 4.98 Å². The van der Waals surface area contributed by atoms with Crippen molar-refractivity contribution >= 4 is 23.2 Å². The molecule has 10 nitrogen and oxygen atoms in total. The highest BCUT2D eigenvalue weighted by Gasteiger charge is 2.41. The fourth-order valence-electron chi connectivity index (χ4n) is 6.07. The lowest BCUT2D eigenvalue weighted by atomic mass is 9.90. The number of aryl methyl sites for hydroxylation is 1. The van der Waals surface area contributed by atoms with Crippen LogP contribution in [0.5, 0.6) is 5.88 Å². The summed E-state index contributed by atoms with van der Waals surface area (Å²) < 4.78 is 11.4. The van der Waals surface area contributed by atoms with Gasteiger partial charge in [0, 0.05) is 25.8 Å². The maximum Gasteiger partial charge on any atom is 0.254 e. The number of amides is 2. The minimum Gasteiger partial charge on any atom is -0.475 e. The van der Waals surface area contributed by atoms with Crippen molar-refractivity contribution in [2.24, 2.45) is 11.8 Å². The van der Waals surface area contributed by atoms with E-state index in [0.717, 1.165) is 55.6 Å². The van der Waals surface area contributed by atoms with Gasteiger partial charge in [0.1, 0.15) is 12.0 Å². The van der Waals surface area contributed by atoms with Gasteiger partial charge in [0.2, 0.25) is 11.8 Å². The van der Waals surface area contributed by atoms with Gasteiger partial charge in [-0.2, -0.15) is 0 Å². The number of hydrogen-bond donors (Lipinski definition) is 3. The number of nitrogens with zero attached hydrogens (tertiary/aromatic N) is 3.